The second-order valence-electron chi connectivity index (χ2n) is 7.64. The zero-order chi connectivity index (χ0) is 25.6. The van der Waals surface area contributed by atoms with Gasteiger partial charge in [-0.2, -0.15) is 0 Å². The van der Waals surface area contributed by atoms with Gasteiger partial charge in [-0.15, -0.1) is 0 Å². The molecule has 3 rings (SSSR count). The summed E-state index contributed by atoms with van der Waals surface area (Å²) in [6.07, 6.45) is 0.116. The number of sulfonamides is 1. The molecule has 35 heavy (non-hydrogen) atoms. The number of carbonyl (C=O) groups excluding carboxylic acids is 2. The Balaban J connectivity index is 1.59. The van der Waals surface area contributed by atoms with Crippen LogP contribution in [0, 0.1) is 6.92 Å². The number of carbonyl (C=O) groups is 2. The fourth-order valence-electron chi connectivity index (χ4n) is 3.17. The first-order valence-electron chi connectivity index (χ1n) is 10.7. The molecule has 2 aromatic carbocycles. The monoisotopic (exact) mass is 498 g/mol. The van der Waals surface area contributed by atoms with Crippen molar-refractivity contribution in [1.29, 1.82) is 0 Å². The molecule has 1 amide bonds. The Morgan fingerprint density at radius 1 is 1.06 bits per heavy atom. The first-order valence-corrected chi connectivity index (χ1v) is 12.2. The number of benzene rings is 2. The minimum absolute atomic E-state index is 0.0519. The average molecular weight is 499 g/mol. The van der Waals surface area contributed by atoms with Crippen molar-refractivity contribution in [3.05, 3.63) is 87.7 Å². The van der Waals surface area contributed by atoms with Gasteiger partial charge >= 0.3 is 5.97 Å². The van der Waals surface area contributed by atoms with Gasteiger partial charge in [0.25, 0.3) is 11.5 Å². The Labute approximate surface area is 202 Å². The van der Waals surface area contributed by atoms with E-state index in [-0.39, 0.29) is 5.69 Å². The van der Waals surface area contributed by atoms with Crippen LogP contribution in [0.3, 0.4) is 0 Å². The zero-order valence-corrected chi connectivity index (χ0v) is 20.3. The van der Waals surface area contributed by atoms with Gasteiger partial charge in [0.2, 0.25) is 10.0 Å². The Hall–Kier alpha value is -3.96. The van der Waals surface area contributed by atoms with Gasteiger partial charge in [-0.1, -0.05) is 48.5 Å². The molecule has 0 spiro atoms. The molecule has 0 saturated heterocycles. The van der Waals surface area contributed by atoms with Gasteiger partial charge < -0.3 is 10.1 Å². The molecular formula is C24H26N4O6S. The van der Waals surface area contributed by atoms with E-state index in [0.29, 0.717) is 16.9 Å². The van der Waals surface area contributed by atoms with Gasteiger partial charge in [-0.3, -0.25) is 19.1 Å². The SMILES string of the molecule is Cc1c(NC(=O)C(C)OC(=O)CNS(=O)(=O)/C=C/c2ccccc2)c(=O)n(-c2ccccc2)n1C. The molecular weight excluding hydrogens is 472 g/mol. The first-order chi connectivity index (χ1) is 16.6. The van der Waals surface area contributed by atoms with Crippen LogP contribution in [0.25, 0.3) is 11.8 Å². The summed E-state index contributed by atoms with van der Waals surface area (Å²) in [5, 5.41) is 3.44. The molecule has 0 aliphatic rings. The van der Waals surface area contributed by atoms with Gasteiger partial charge in [0.15, 0.2) is 6.10 Å². The lowest BCUT2D eigenvalue weighted by Crippen LogP contribution is -2.36. The van der Waals surface area contributed by atoms with Crippen LogP contribution in [0.5, 0.6) is 0 Å². The number of nitrogens with zero attached hydrogens (tertiary/aromatic N) is 2. The summed E-state index contributed by atoms with van der Waals surface area (Å²) in [5.74, 6) is -1.67. The first kappa shape index (κ1) is 25.7. The molecule has 0 bridgehead atoms. The molecule has 1 unspecified atom stereocenters. The highest BCUT2D eigenvalue weighted by atomic mass is 32.2. The number of amides is 1. The maximum atomic E-state index is 12.9. The van der Waals surface area contributed by atoms with Gasteiger partial charge in [0, 0.05) is 12.5 Å². The number of hydrogen-bond donors (Lipinski definition) is 2. The summed E-state index contributed by atoms with van der Waals surface area (Å²) < 4.78 is 34.3. The highest BCUT2D eigenvalue weighted by molar-refractivity contribution is 7.92. The summed E-state index contributed by atoms with van der Waals surface area (Å²) in [6.45, 7) is 2.33. The molecule has 0 aliphatic heterocycles. The maximum absolute atomic E-state index is 12.9. The number of hydrogen-bond acceptors (Lipinski definition) is 6. The smallest absolute Gasteiger partial charge is 0.321 e. The van der Waals surface area contributed by atoms with Crippen molar-refractivity contribution in [3.8, 4) is 5.69 Å². The Bertz CT molecular complexity index is 1390. The van der Waals surface area contributed by atoms with E-state index in [4.69, 9.17) is 4.74 Å². The number of esters is 1. The predicted molar refractivity (Wildman–Crippen MR) is 132 cm³/mol. The lowest BCUT2D eigenvalue weighted by atomic mass is 10.2. The summed E-state index contributed by atoms with van der Waals surface area (Å²) in [6, 6.07) is 17.7. The average Bonchev–Trinajstić information content (AvgIpc) is 3.05. The molecule has 1 heterocycles. The number of ether oxygens (including phenoxy) is 1. The van der Waals surface area contributed by atoms with Crippen molar-refractivity contribution in [3.63, 3.8) is 0 Å². The van der Waals surface area contributed by atoms with E-state index in [0.717, 1.165) is 5.41 Å². The van der Waals surface area contributed by atoms with E-state index < -0.39 is 40.1 Å². The Kier molecular flexibility index (Phi) is 8.05. The fraction of sp³-hybridized carbons (Fsp3) is 0.208. The molecule has 0 saturated carbocycles. The van der Waals surface area contributed by atoms with Crippen LogP contribution in [0.1, 0.15) is 18.2 Å². The summed E-state index contributed by atoms with van der Waals surface area (Å²) >= 11 is 0. The maximum Gasteiger partial charge on any atom is 0.321 e. The van der Waals surface area contributed by atoms with Crippen LogP contribution in [0.2, 0.25) is 0 Å². The van der Waals surface area contributed by atoms with Crippen LogP contribution in [-0.4, -0.2) is 42.3 Å². The molecule has 0 fully saturated rings. The van der Waals surface area contributed by atoms with E-state index in [1.807, 2.05) is 6.07 Å². The number of aromatic nitrogens is 2. The van der Waals surface area contributed by atoms with Gasteiger partial charge in [-0.05, 0) is 37.6 Å². The highest BCUT2D eigenvalue weighted by Gasteiger charge is 2.23. The summed E-state index contributed by atoms with van der Waals surface area (Å²) in [4.78, 5) is 37.6. The third-order valence-electron chi connectivity index (χ3n) is 5.14. The van der Waals surface area contributed by atoms with E-state index >= 15 is 0 Å². The Morgan fingerprint density at radius 3 is 2.29 bits per heavy atom. The van der Waals surface area contributed by atoms with Crippen molar-refractivity contribution in [2.24, 2.45) is 7.05 Å². The molecule has 11 heteroatoms. The summed E-state index contributed by atoms with van der Waals surface area (Å²) in [5.41, 5.74) is 1.41. The van der Waals surface area contributed by atoms with Crippen molar-refractivity contribution in [2.45, 2.75) is 20.0 Å². The van der Waals surface area contributed by atoms with Crippen LogP contribution < -0.4 is 15.6 Å². The second-order valence-corrected chi connectivity index (χ2v) is 9.29. The number of anilines is 1. The predicted octanol–water partition coefficient (Wildman–Crippen LogP) is 1.94. The molecule has 0 aliphatic carbocycles. The third kappa shape index (κ3) is 6.55. The van der Waals surface area contributed by atoms with Crippen LogP contribution in [-0.2, 0) is 31.4 Å². The van der Waals surface area contributed by atoms with E-state index in [2.05, 4.69) is 10.0 Å². The molecule has 1 aromatic heterocycles. The van der Waals surface area contributed by atoms with Crippen LogP contribution in [0.4, 0.5) is 5.69 Å². The molecule has 2 N–H and O–H groups in total. The minimum atomic E-state index is -3.90. The normalized spacial score (nSPS) is 12.4. The molecule has 1 atom stereocenters. The third-order valence-corrected chi connectivity index (χ3v) is 6.18. The molecule has 0 radical (unpaired) electrons. The van der Waals surface area contributed by atoms with Crippen molar-refractivity contribution in [1.82, 2.24) is 14.1 Å². The number of para-hydroxylation sites is 1. The summed E-state index contributed by atoms with van der Waals surface area (Å²) in [7, 11) is -2.22. The molecule has 10 nitrogen and oxygen atoms in total. The van der Waals surface area contributed by atoms with Gasteiger partial charge in [0.1, 0.15) is 12.2 Å². The van der Waals surface area contributed by atoms with E-state index in [9.17, 15) is 22.8 Å². The second kappa shape index (κ2) is 11.0. The molecule has 3 aromatic rings. The largest absolute Gasteiger partial charge is 0.452 e. The standard InChI is InChI=1S/C24H26N4O6S/c1-17-22(24(31)28(27(17)3)20-12-8-5-9-13-20)26-23(30)18(2)34-21(29)16-25-35(32,33)15-14-19-10-6-4-7-11-19/h4-15,18,25H,16H2,1-3H3,(H,26,30)/b15-14+. The lowest BCUT2D eigenvalue weighted by Gasteiger charge is -2.13. The topological polar surface area (TPSA) is 128 Å². The van der Waals surface area contributed by atoms with E-state index in [1.54, 1.807) is 73.3 Å². The Morgan fingerprint density at radius 2 is 1.66 bits per heavy atom. The minimum Gasteiger partial charge on any atom is -0.452 e. The number of rotatable bonds is 9. The van der Waals surface area contributed by atoms with E-state index in [1.165, 1.54) is 17.7 Å². The number of nitrogens with one attached hydrogen (secondary N) is 2. The van der Waals surface area contributed by atoms with Crippen LogP contribution in [0.15, 0.2) is 70.9 Å². The fourth-order valence-corrected chi connectivity index (χ4v) is 3.92. The van der Waals surface area contributed by atoms with Gasteiger partial charge in [0.05, 0.1) is 11.4 Å². The quantitative estimate of drug-likeness (QED) is 0.434. The highest BCUT2D eigenvalue weighted by Crippen LogP contribution is 2.14. The van der Waals surface area contributed by atoms with Crippen molar-refractivity contribution < 1.29 is 22.7 Å². The van der Waals surface area contributed by atoms with Crippen molar-refractivity contribution >= 4 is 33.7 Å². The van der Waals surface area contributed by atoms with Crippen LogP contribution >= 0.6 is 0 Å². The molecule has 184 valence electrons. The van der Waals surface area contributed by atoms with Crippen molar-refractivity contribution in [2.75, 3.05) is 11.9 Å². The lowest BCUT2D eigenvalue weighted by molar-refractivity contribution is -0.151. The zero-order valence-electron chi connectivity index (χ0n) is 19.5. The van der Waals surface area contributed by atoms with Gasteiger partial charge in [-0.25, -0.2) is 17.8 Å².